The zero-order valence-electron chi connectivity index (χ0n) is 16.6. The summed E-state index contributed by atoms with van der Waals surface area (Å²) < 4.78 is 29.2. The highest BCUT2D eigenvalue weighted by molar-refractivity contribution is 7.90. The van der Waals surface area contributed by atoms with Crippen LogP contribution < -0.4 is 16.2 Å². The van der Waals surface area contributed by atoms with Crippen LogP contribution in [0.3, 0.4) is 0 Å². The number of carbonyl (C=O) groups excluding carboxylic acids is 1. The molecule has 0 bridgehead atoms. The SMILES string of the molecule is CC(C)CC1CC(C(=O)Nc2cccc(S(=O)(=O)/N=C3/CCCN3C)c2)NN1. The Balaban J connectivity index is 1.67. The lowest BCUT2D eigenvalue weighted by atomic mass is 10.00. The second kappa shape index (κ2) is 8.59. The summed E-state index contributed by atoms with van der Waals surface area (Å²) in [6, 6.07) is 6.15. The number of hydrogen-bond acceptors (Lipinski definition) is 5. The van der Waals surface area contributed by atoms with Crippen molar-refractivity contribution in [1.82, 2.24) is 15.8 Å². The third-order valence-electron chi connectivity index (χ3n) is 5.01. The van der Waals surface area contributed by atoms with Gasteiger partial charge in [-0.3, -0.25) is 10.2 Å². The summed E-state index contributed by atoms with van der Waals surface area (Å²) in [6.07, 6.45) is 3.24. The van der Waals surface area contributed by atoms with Gasteiger partial charge in [0.1, 0.15) is 11.9 Å². The van der Waals surface area contributed by atoms with Gasteiger partial charge in [-0.25, -0.2) is 5.43 Å². The van der Waals surface area contributed by atoms with E-state index in [9.17, 15) is 13.2 Å². The van der Waals surface area contributed by atoms with Gasteiger partial charge in [0, 0.05) is 31.7 Å². The molecule has 2 aliphatic rings. The fourth-order valence-corrected chi connectivity index (χ4v) is 4.72. The van der Waals surface area contributed by atoms with Crippen LogP contribution in [0, 0.1) is 5.92 Å². The van der Waals surface area contributed by atoms with Gasteiger partial charge in [0.2, 0.25) is 5.91 Å². The molecule has 2 heterocycles. The molecular formula is C19H29N5O3S. The van der Waals surface area contributed by atoms with E-state index in [4.69, 9.17) is 0 Å². The molecular weight excluding hydrogens is 378 g/mol. The van der Waals surface area contributed by atoms with Gasteiger partial charge in [-0.05, 0) is 43.4 Å². The van der Waals surface area contributed by atoms with E-state index in [1.807, 2.05) is 11.9 Å². The normalized spacial score (nSPS) is 24.3. The highest BCUT2D eigenvalue weighted by Gasteiger charge is 2.29. The molecule has 1 aromatic carbocycles. The predicted octanol–water partition coefficient (Wildman–Crippen LogP) is 1.72. The van der Waals surface area contributed by atoms with Gasteiger partial charge < -0.3 is 10.2 Å². The number of rotatable bonds is 6. The highest BCUT2D eigenvalue weighted by atomic mass is 32.2. The monoisotopic (exact) mass is 407 g/mol. The molecule has 3 N–H and O–H groups in total. The van der Waals surface area contributed by atoms with Gasteiger partial charge in [-0.15, -0.1) is 4.40 Å². The van der Waals surface area contributed by atoms with Crippen LogP contribution in [0.2, 0.25) is 0 Å². The average molecular weight is 408 g/mol. The Morgan fingerprint density at radius 2 is 2.14 bits per heavy atom. The molecule has 154 valence electrons. The standard InChI is InChI=1S/C19H29N5O3S/c1-13(2)10-15-12-17(22-21-15)19(25)20-14-6-4-7-16(11-14)28(26,27)23-18-8-5-9-24(18)3/h4,6-7,11,13,15,17,21-22H,5,8-10,12H2,1-3H3,(H,20,25)/b23-18-. The van der Waals surface area contributed by atoms with E-state index in [0.29, 0.717) is 30.3 Å². The zero-order chi connectivity index (χ0) is 20.3. The Kier molecular flexibility index (Phi) is 6.36. The van der Waals surface area contributed by atoms with Crippen molar-refractivity contribution >= 4 is 27.5 Å². The van der Waals surface area contributed by atoms with E-state index >= 15 is 0 Å². The molecule has 0 aliphatic carbocycles. The number of likely N-dealkylation sites (tertiary alicyclic amines) is 1. The minimum Gasteiger partial charge on any atom is -0.362 e. The van der Waals surface area contributed by atoms with Crippen LogP contribution in [-0.2, 0) is 14.8 Å². The van der Waals surface area contributed by atoms with E-state index < -0.39 is 10.0 Å². The molecule has 2 saturated heterocycles. The van der Waals surface area contributed by atoms with Gasteiger partial charge in [0.25, 0.3) is 10.0 Å². The summed E-state index contributed by atoms with van der Waals surface area (Å²) >= 11 is 0. The summed E-state index contributed by atoms with van der Waals surface area (Å²) in [5, 5.41) is 2.81. The van der Waals surface area contributed by atoms with Gasteiger partial charge in [0.05, 0.1) is 4.90 Å². The van der Waals surface area contributed by atoms with E-state index in [0.717, 1.165) is 19.4 Å². The number of amides is 1. The zero-order valence-corrected chi connectivity index (χ0v) is 17.4. The average Bonchev–Trinajstić information content (AvgIpc) is 3.24. The van der Waals surface area contributed by atoms with Crippen molar-refractivity contribution in [3.63, 3.8) is 0 Å². The number of amidine groups is 1. The molecule has 2 aliphatic heterocycles. The first-order valence-corrected chi connectivity index (χ1v) is 11.2. The molecule has 1 aromatic rings. The highest BCUT2D eigenvalue weighted by Crippen LogP contribution is 2.21. The van der Waals surface area contributed by atoms with Crippen molar-refractivity contribution < 1.29 is 13.2 Å². The minimum atomic E-state index is -3.81. The molecule has 28 heavy (non-hydrogen) atoms. The van der Waals surface area contributed by atoms with Crippen LogP contribution in [0.4, 0.5) is 5.69 Å². The molecule has 0 aromatic heterocycles. The summed E-state index contributed by atoms with van der Waals surface area (Å²) in [4.78, 5) is 14.5. The predicted molar refractivity (Wildman–Crippen MR) is 109 cm³/mol. The van der Waals surface area contributed by atoms with Crippen LogP contribution in [0.1, 0.15) is 39.5 Å². The lowest BCUT2D eigenvalue weighted by Gasteiger charge is -2.13. The summed E-state index contributed by atoms with van der Waals surface area (Å²) in [5.74, 6) is 0.936. The van der Waals surface area contributed by atoms with Gasteiger partial charge in [-0.1, -0.05) is 19.9 Å². The third-order valence-corrected chi connectivity index (χ3v) is 6.31. The topological polar surface area (TPSA) is 103 Å². The molecule has 8 nitrogen and oxygen atoms in total. The molecule has 0 saturated carbocycles. The molecule has 9 heteroatoms. The third kappa shape index (κ3) is 5.09. The Labute approximate surface area is 166 Å². The lowest BCUT2D eigenvalue weighted by Crippen LogP contribution is -2.40. The summed E-state index contributed by atoms with van der Waals surface area (Å²) in [6.45, 7) is 5.10. The number of carbonyl (C=O) groups is 1. The molecule has 2 fully saturated rings. The Morgan fingerprint density at radius 3 is 2.82 bits per heavy atom. The Bertz CT molecular complexity index is 853. The maximum absolute atomic E-state index is 12.6. The van der Waals surface area contributed by atoms with E-state index in [2.05, 4.69) is 34.4 Å². The number of nitrogens with one attached hydrogen (secondary N) is 3. The molecule has 0 spiro atoms. The number of benzene rings is 1. The van der Waals surface area contributed by atoms with E-state index in [1.165, 1.54) is 12.1 Å². The maximum atomic E-state index is 12.6. The second-order valence-electron chi connectivity index (χ2n) is 7.93. The van der Waals surface area contributed by atoms with Crippen molar-refractivity contribution in [3.05, 3.63) is 24.3 Å². The van der Waals surface area contributed by atoms with Crippen LogP contribution >= 0.6 is 0 Å². The summed E-state index contributed by atoms with van der Waals surface area (Å²) in [7, 11) is -1.97. The Morgan fingerprint density at radius 1 is 1.36 bits per heavy atom. The quantitative estimate of drug-likeness (QED) is 0.664. The summed E-state index contributed by atoms with van der Waals surface area (Å²) in [5.41, 5.74) is 6.62. The molecule has 3 rings (SSSR count). The number of sulfonamides is 1. The van der Waals surface area contributed by atoms with Crippen LogP contribution in [0.25, 0.3) is 0 Å². The first kappa shape index (κ1) is 20.8. The van der Waals surface area contributed by atoms with Crippen molar-refractivity contribution in [2.24, 2.45) is 10.3 Å². The van der Waals surface area contributed by atoms with Crippen molar-refractivity contribution in [2.75, 3.05) is 18.9 Å². The van der Waals surface area contributed by atoms with Crippen LogP contribution in [-0.4, -0.2) is 50.7 Å². The van der Waals surface area contributed by atoms with Gasteiger partial charge >= 0.3 is 0 Å². The van der Waals surface area contributed by atoms with Crippen molar-refractivity contribution in [3.8, 4) is 0 Å². The Hall–Kier alpha value is -1.97. The van der Waals surface area contributed by atoms with Gasteiger partial charge in [-0.2, -0.15) is 8.42 Å². The number of hydrogen-bond donors (Lipinski definition) is 3. The van der Waals surface area contributed by atoms with E-state index in [-0.39, 0.29) is 22.9 Å². The first-order valence-electron chi connectivity index (χ1n) is 9.71. The maximum Gasteiger partial charge on any atom is 0.284 e. The second-order valence-corrected chi connectivity index (χ2v) is 9.53. The minimum absolute atomic E-state index is 0.0771. The first-order chi connectivity index (χ1) is 13.2. The number of hydrazine groups is 1. The number of anilines is 1. The number of nitrogens with zero attached hydrogens (tertiary/aromatic N) is 2. The largest absolute Gasteiger partial charge is 0.362 e. The van der Waals surface area contributed by atoms with Crippen LogP contribution in [0.5, 0.6) is 0 Å². The fourth-order valence-electron chi connectivity index (χ4n) is 3.58. The lowest BCUT2D eigenvalue weighted by molar-refractivity contribution is -0.117. The fraction of sp³-hybridized carbons (Fsp3) is 0.579. The molecule has 1 amide bonds. The molecule has 2 atom stereocenters. The van der Waals surface area contributed by atoms with Crippen LogP contribution in [0.15, 0.2) is 33.6 Å². The van der Waals surface area contributed by atoms with Crippen molar-refractivity contribution in [1.29, 1.82) is 0 Å². The molecule has 0 radical (unpaired) electrons. The van der Waals surface area contributed by atoms with E-state index in [1.54, 1.807) is 12.1 Å². The van der Waals surface area contributed by atoms with Gasteiger partial charge in [0.15, 0.2) is 0 Å². The van der Waals surface area contributed by atoms with Crippen molar-refractivity contribution in [2.45, 2.75) is 56.5 Å². The molecule has 2 unspecified atom stereocenters. The smallest absolute Gasteiger partial charge is 0.284 e.